The maximum atomic E-state index is 14.2. The summed E-state index contributed by atoms with van der Waals surface area (Å²) >= 11 is 6.18. The molecule has 44 heavy (non-hydrogen) atoms. The van der Waals surface area contributed by atoms with Gasteiger partial charge < -0.3 is 15.5 Å². The van der Waals surface area contributed by atoms with Gasteiger partial charge in [-0.2, -0.15) is 5.10 Å². The quantitative estimate of drug-likeness (QED) is 0.265. The molecule has 0 unspecified atom stereocenters. The van der Waals surface area contributed by atoms with E-state index < -0.39 is 0 Å². The van der Waals surface area contributed by atoms with Crippen molar-refractivity contribution < 1.29 is 9.18 Å². The Labute approximate surface area is 266 Å². The van der Waals surface area contributed by atoms with Gasteiger partial charge in [0.05, 0.1) is 6.04 Å². The van der Waals surface area contributed by atoms with Crippen molar-refractivity contribution in [1.29, 1.82) is 0 Å². The number of amides is 1. The van der Waals surface area contributed by atoms with Crippen molar-refractivity contribution in [2.75, 3.05) is 18.4 Å². The number of rotatable bonds is 10. The number of nitrogens with one attached hydrogen (secondary N) is 2. The zero-order valence-electron chi connectivity index (χ0n) is 25.6. The molecule has 2 aliphatic carbocycles. The molecule has 0 spiro atoms. The number of hydrogen-bond acceptors (Lipinski definition) is 5. The molecule has 2 heterocycles. The number of nitrogens with zero attached hydrogens (tertiary/aromatic N) is 4. The molecule has 6 rings (SSSR count). The van der Waals surface area contributed by atoms with Crippen molar-refractivity contribution >= 4 is 23.2 Å². The van der Waals surface area contributed by atoms with E-state index in [1.54, 1.807) is 12.4 Å². The van der Waals surface area contributed by atoms with E-state index in [9.17, 15) is 9.18 Å². The second-order valence-electron chi connectivity index (χ2n) is 13.3. The van der Waals surface area contributed by atoms with Gasteiger partial charge in [-0.05, 0) is 105 Å². The van der Waals surface area contributed by atoms with E-state index in [0.717, 1.165) is 69.4 Å². The van der Waals surface area contributed by atoms with Gasteiger partial charge in [-0.25, -0.2) is 9.37 Å². The van der Waals surface area contributed by atoms with Crippen LogP contribution in [0.3, 0.4) is 0 Å². The molecule has 3 fully saturated rings. The van der Waals surface area contributed by atoms with Crippen LogP contribution in [0, 0.1) is 23.2 Å². The number of halogens is 2. The van der Waals surface area contributed by atoms with Crippen LogP contribution >= 0.6 is 11.6 Å². The minimum absolute atomic E-state index is 0.164. The van der Waals surface area contributed by atoms with Gasteiger partial charge in [-0.1, -0.05) is 43.0 Å². The average Bonchev–Trinajstić information content (AvgIpc) is 3.57. The van der Waals surface area contributed by atoms with Crippen LogP contribution in [0.2, 0.25) is 5.02 Å². The number of carbonyl (C=O) groups is 1. The van der Waals surface area contributed by atoms with Crippen LogP contribution < -0.4 is 10.6 Å². The highest BCUT2D eigenvalue weighted by Crippen LogP contribution is 2.47. The van der Waals surface area contributed by atoms with Crippen LogP contribution in [0.25, 0.3) is 0 Å². The highest BCUT2D eigenvalue weighted by Gasteiger charge is 2.44. The van der Waals surface area contributed by atoms with Gasteiger partial charge in [0, 0.05) is 48.5 Å². The molecule has 3 aliphatic rings. The number of piperidine rings is 1. The molecule has 1 saturated heterocycles. The Balaban J connectivity index is 1.10. The SMILES string of the molecule is O=C([C@@H](Cc1ccc(Cl)cc1)NC1CCC(Nc2[c]cc(F)cc2)CC1)N1CCC(Cn2cncn2)(C2CCCCC2)CC1. The number of aromatic nitrogens is 3. The molecule has 1 amide bonds. The van der Waals surface area contributed by atoms with Crippen molar-refractivity contribution in [3.8, 4) is 0 Å². The summed E-state index contributed by atoms with van der Waals surface area (Å²) in [6.45, 7) is 2.46. The van der Waals surface area contributed by atoms with Gasteiger partial charge >= 0.3 is 0 Å². The summed E-state index contributed by atoms with van der Waals surface area (Å²) in [7, 11) is 0. The summed E-state index contributed by atoms with van der Waals surface area (Å²) < 4.78 is 15.3. The van der Waals surface area contributed by atoms with E-state index >= 15 is 0 Å². The third-order valence-corrected chi connectivity index (χ3v) is 10.7. The van der Waals surface area contributed by atoms with E-state index in [1.807, 2.05) is 35.3 Å². The number of likely N-dealkylation sites (tertiary alicyclic amines) is 1. The Kier molecular flexibility index (Phi) is 10.2. The van der Waals surface area contributed by atoms with Crippen LogP contribution in [0.4, 0.5) is 10.1 Å². The summed E-state index contributed by atoms with van der Waals surface area (Å²) in [5.74, 6) is 0.611. The third kappa shape index (κ3) is 7.81. The molecule has 2 aromatic carbocycles. The summed E-state index contributed by atoms with van der Waals surface area (Å²) in [5.41, 5.74) is 2.11. The first-order valence-electron chi connectivity index (χ1n) is 16.5. The number of anilines is 1. The second kappa shape index (κ2) is 14.4. The predicted octanol–water partition coefficient (Wildman–Crippen LogP) is 6.68. The zero-order chi connectivity index (χ0) is 30.4. The molecule has 1 aromatic heterocycles. The molecule has 9 heteroatoms. The fourth-order valence-corrected chi connectivity index (χ4v) is 8.04. The van der Waals surface area contributed by atoms with Crippen molar-refractivity contribution in [2.24, 2.45) is 11.3 Å². The van der Waals surface area contributed by atoms with Gasteiger partial charge in [0.15, 0.2) is 0 Å². The molecular weight excluding hydrogens is 575 g/mol. The number of benzene rings is 2. The van der Waals surface area contributed by atoms with Gasteiger partial charge in [0.2, 0.25) is 5.91 Å². The standard InChI is InChI=1S/C35H45ClFN6O/c36-28-8-6-26(7-9-28)22-33(41-32-16-14-31(15-17-32)40-30-12-10-29(37)11-13-30)34(44)42-20-18-35(19-21-42,23-43-25-38-24-39-43)27-4-2-1-3-5-27/h6-12,24-25,27,31-33,40-41H,1-5,14-23H2/t31?,32?,33-/m1/s1. The maximum absolute atomic E-state index is 14.2. The van der Waals surface area contributed by atoms with Crippen LogP contribution in [0.5, 0.6) is 0 Å². The molecule has 1 atom stereocenters. The number of hydrogen-bond donors (Lipinski definition) is 2. The van der Waals surface area contributed by atoms with E-state index in [4.69, 9.17) is 11.6 Å². The Bertz CT molecular complexity index is 1310. The molecule has 2 N–H and O–H groups in total. The smallest absolute Gasteiger partial charge is 0.240 e. The van der Waals surface area contributed by atoms with Crippen molar-refractivity contribution in [2.45, 2.75) is 102 Å². The second-order valence-corrected chi connectivity index (χ2v) is 13.7. The lowest BCUT2D eigenvalue weighted by Crippen LogP contribution is -2.55. The van der Waals surface area contributed by atoms with Crippen molar-refractivity contribution in [1.82, 2.24) is 25.0 Å². The average molecular weight is 620 g/mol. The molecule has 7 nitrogen and oxygen atoms in total. The van der Waals surface area contributed by atoms with Crippen LogP contribution in [0.15, 0.2) is 55.1 Å². The predicted molar refractivity (Wildman–Crippen MR) is 172 cm³/mol. The van der Waals surface area contributed by atoms with E-state index in [-0.39, 0.29) is 29.2 Å². The minimum atomic E-state index is -0.284. The number of carbonyl (C=O) groups excluding carboxylic acids is 1. The normalized spacial score (nSPS) is 23.3. The molecule has 0 bridgehead atoms. The fraction of sp³-hybridized carbons (Fsp3) is 0.571. The van der Waals surface area contributed by atoms with E-state index in [2.05, 4.69) is 31.7 Å². The first-order chi connectivity index (χ1) is 21.5. The van der Waals surface area contributed by atoms with E-state index in [1.165, 1.54) is 44.2 Å². The molecule has 3 aromatic rings. The summed E-state index contributed by atoms with van der Waals surface area (Å²) in [6, 6.07) is 15.8. The fourth-order valence-electron chi connectivity index (χ4n) is 7.92. The maximum Gasteiger partial charge on any atom is 0.240 e. The molecular formula is C35H45ClFN6O. The minimum Gasteiger partial charge on any atom is -0.382 e. The monoisotopic (exact) mass is 619 g/mol. The summed E-state index contributed by atoms with van der Waals surface area (Å²) in [5, 5.41) is 12.5. The summed E-state index contributed by atoms with van der Waals surface area (Å²) in [6.07, 6.45) is 16.6. The van der Waals surface area contributed by atoms with Gasteiger partial charge in [-0.15, -0.1) is 0 Å². The van der Waals surface area contributed by atoms with Gasteiger partial charge in [-0.3, -0.25) is 9.48 Å². The van der Waals surface area contributed by atoms with Crippen molar-refractivity contribution in [3.05, 3.63) is 77.6 Å². The first kappa shape index (κ1) is 31.0. The Hall–Kier alpha value is -2.97. The molecule has 2 saturated carbocycles. The zero-order valence-corrected chi connectivity index (χ0v) is 26.3. The molecule has 1 radical (unpaired) electrons. The lowest BCUT2D eigenvalue weighted by atomic mass is 9.63. The van der Waals surface area contributed by atoms with Gasteiger partial charge in [0.25, 0.3) is 0 Å². The lowest BCUT2D eigenvalue weighted by Gasteiger charge is -2.48. The Morgan fingerprint density at radius 3 is 2.39 bits per heavy atom. The highest BCUT2D eigenvalue weighted by atomic mass is 35.5. The lowest BCUT2D eigenvalue weighted by molar-refractivity contribution is -0.137. The molecule has 1 aliphatic heterocycles. The Morgan fingerprint density at radius 1 is 1.00 bits per heavy atom. The topological polar surface area (TPSA) is 75.1 Å². The van der Waals surface area contributed by atoms with Crippen LogP contribution in [-0.2, 0) is 17.8 Å². The van der Waals surface area contributed by atoms with E-state index in [0.29, 0.717) is 23.4 Å². The third-order valence-electron chi connectivity index (χ3n) is 10.4. The molecule has 235 valence electrons. The van der Waals surface area contributed by atoms with Crippen LogP contribution in [0.1, 0.15) is 76.2 Å². The van der Waals surface area contributed by atoms with Crippen molar-refractivity contribution in [3.63, 3.8) is 0 Å². The largest absolute Gasteiger partial charge is 0.382 e. The Morgan fingerprint density at radius 2 is 1.73 bits per heavy atom. The summed E-state index contributed by atoms with van der Waals surface area (Å²) in [4.78, 5) is 20.6. The highest BCUT2D eigenvalue weighted by molar-refractivity contribution is 6.30. The van der Waals surface area contributed by atoms with Crippen LogP contribution in [-0.4, -0.2) is 56.8 Å². The first-order valence-corrected chi connectivity index (χ1v) is 16.9. The van der Waals surface area contributed by atoms with Gasteiger partial charge in [0.1, 0.15) is 18.5 Å².